The van der Waals surface area contributed by atoms with Gasteiger partial charge in [0.2, 0.25) is 0 Å². The van der Waals surface area contributed by atoms with Gasteiger partial charge < -0.3 is 20.1 Å². The molecule has 0 saturated carbocycles. The van der Waals surface area contributed by atoms with Crippen molar-refractivity contribution in [2.24, 2.45) is 0 Å². The molecule has 0 aromatic rings. The van der Waals surface area contributed by atoms with Crippen LogP contribution in [0, 0.1) is 0 Å². The van der Waals surface area contributed by atoms with Gasteiger partial charge in [-0.2, -0.15) is 0 Å². The maximum Gasteiger partial charge on any atom is 0.320 e. The summed E-state index contributed by atoms with van der Waals surface area (Å²) in [4.78, 5) is 21.5. The van der Waals surface area contributed by atoms with Crippen molar-refractivity contribution in [1.82, 2.24) is 5.32 Å². The van der Waals surface area contributed by atoms with Gasteiger partial charge in [-0.05, 0) is 13.3 Å². The van der Waals surface area contributed by atoms with Crippen LogP contribution in [-0.2, 0) is 14.3 Å². The Morgan fingerprint density at radius 1 is 1.50 bits per heavy atom. The quantitative estimate of drug-likeness (QED) is 0.506. The third kappa shape index (κ3) is 4.25. The smallest absolute Gasteiger partial charge is 0.320 e. The lowest BCUT2D eigenvalue weighted by atomic mass is 9.90. The molecule has 0 radical (unpaired) electrons. The van der Waals surface area contributed by atoms with Crippen LogP contribution in [0.3, 0.4) is 0 Å². The van der Waals surface area contributed by atoms with Crippen molar-refractivity contribution in [2.45, 2.75) is 43.9 Å². The van der Waals surface area contributed by atoms with Crippen LogP contribution in [0.25, 0.3) is 0 Å². The number of carbonyl (C=O) groups is 2. The van der Waals surface area contributed by atoms with Crippen molar-refractivity contribution in [1.29, 1.82) is 0 Å². The highest BCUT2D eigenvalue weighted by molar-refractivity contribution is 5.75. The van der Waals surface area contributed by atoms with Crippen LogP contribution < -0.4 is 5.32 Å². The molecule has 0 aromatic heterocycles. The van der Waals surface area contributed by atoms with Gasteiger partial charge in [0.1, 0.15) is 6.04 Å². The summed E-state index contributed by atoms with van der Waals surface area (Å²) in [6.45, 7) is 2.26. The second kappa shape index (κ2) is 6.12. The number of hydrogen-bond donors (Lipinski definition) is 4. The Kier molecular flexibility index (Phi) is 5.06. The number of carboxylic acids is 2. The van der Waals surface area contributed by atoms with Crippen molar-refractivity contribution in [3.63, 3.8) is 0 Å². The van der Waals surface area contributed by atoms with E-state index in [1.165, 1.54) is 0 Å². The van der Waals surface area contributed by atoms with E-state index in [-0.39, 0.29) is 19.4 Å². The number of aliphatic hydroxyl groups is 1. The first-order valence-electron chi connectivity index (χ1n) is 5.83. The Hall–Kier alpha value is -1.18. The fourth-order valence-electron chi connectivity index (χ4n) is 1.85. The summed E-state index contributed by atoms with van der Waals surface area (Å²) in [5, 5.41) is 30.4. The van der Waals surface area contributed by atoms with E-state index in [9.17, 15) is 14.7 Å². The maximum atomic E-state index is 11.0. The van der Waals surface area contributed by atoms with Gasteiger partial charge in [0.25, 0.3) is 0 Å². The molecule has 104 valence electrons. The minimum absolute atomic E-state index is 0.0305. The molecule has 0 unspecified atom stereocenters. The molecule has 4 N–H and O–H groups in total. The van der Waals surface area contributed by atoms with Crippen molar-refractivity contribution in [3.05, 3.63) is 0 Å². The predicted molar refractivity (Wildman–Crippen MR) is 61.3 cm³/mol. The zero-order chi connectivity index (χ0) is 13.8. The molecule has 0 aromatic carbocycles. The number of nitrogens with one attached hydrogen (secondary N) is 1. The number of carboxylic acid groups (broad SMARTS) is 2. The molecule has 0 bridgehead atoms. The van der Waals surface area contributed by atoms with Crippen LogP contribution in [-0.4, -0.2) is 58.2 Å². The van der Waals surface area contributed by atoms with Gasteiger partial charge in [-0.15, -0.1) is 0 Å². The Balaban J connectivity index is 2.59. The number of rotatable bonds is 6. The van der Waals surface area contributed by atoms with Gasteiger partial charge in [-0.1, -0.05) is 0 Å². The monoisotopic (exact) mass is 261 g/mol. The molecule has 1 heterocycles. The molecule has 1 saturated heterocycles. The molecule has 0 amide bonds. The standard InChI is InChI=1S/C11H19NO6/c1-11(17)4-5-18-6-8(11)12-7(10(15)16)2-3-9(13)14/h7-8,12,17H,2-6H2,1H3,(H,13,14)(H,15,16)/t7-,8-,11-/m0/s1. The molecular formula is C11H19NO6. The molecule has 0 spiro atoms. The molecule has 3 atom stereocenters. The van der Waals surface area contributed by atoms with Crippen molar-refractivity contribution < 1.29 is 29.6 Å². The van der Waals surface area contributed by atoms with Crippen LogP contribution in [0.4, 0.5) is 0 Å². The predicted octanol–water partition coefficient (Wildman–Crippen LogP) is -0.566. The molecular weight excluding hydrogens is 242 g/mol. The van der Waals surface area contributed by atoms with Crippen LogP contribution in [0.15, 0.2) is 0 Å². The number of ether oxygens (including phenoxy) is 1. The van der Waals surface area contributed by atoms with Crippen molar-refractivity contribution in [3.8, 4) is 0 Å². The highest BCUT2D eigenvalue weighted by Gasteiger charge is 2.37. The van der Waals surface area contributed by atoms with Crippen LogP contribution >= 0.6 is 0 Å². The molecule has 1 aliphatic heterocycles. The van der Waals surface area contributed by atoms with Crippen molar-refractivity contribution >= 4 is 11.9 Å². The summed E-state index contributed by atoms with van der Waals surface area (Å²) in [5.41, 5.74) is -1.05. The third-order valence-corrected chi connectivity index (χ3v) is 3.14. The Labute approximate surface area is 105 Å². The van der Waals surface area contributed by atoms with Crippen molar-refractivity contribution in [2.75, 3.05) is 13.2 Å². The molecule has 1 aliphatic rings. The molecule has 0 aliphatic carbocycles. The fourth-order valence-corrected chi connectivity index (χ4v) is 1.85. The topological polar surface area (TPSA) is 116 Å². The second-order valence-electron chi connectivity index (χ2n) is 4.72. The fraction of sp³-hybridized carbons (Fsp3) is 0.818. The average molecular weight is 261 g/mol. The molecule has 7 nitrogen and oxygen atoms in total. The summed E-state index contributed by atoms with van der Waals surface area (Å²) in [5.74, 6) is -2.17. The van der Waals surface area contributed by atoms with Gasteiger partial charge in [0.05, 0.1) is 18.2 Å². The molecule has 18 heavy (non-hydrogen) atoms. The lowest BCUT2D eigenvalue weighted by Gasteiger charge is -2.38. The van der Waals surface area contributed by atoms with Crippen LogP contribution in [0.1, 0.15) is 26.2 Å². The Morgan fingerprint density at radius 3 is 2.67 bits per heavy atom. The lowest BCUT2D eigenvalue weighted by Crippen LogP contribution is -2.59. The summed E-state index contributed by atoms with van der Waals surface area (Å²) >= 11 is 0. The third-order valence-electron chi connectivity index (χ3n) is 3.14. The molecule has 1 rings (SSSR count). The van der Waals surface area contributed by atoms with Gasteiger partial charge in [0, 0.05) is 19.4 Å². The first kappa shape index (κ1) is 14.9. The second-order valence-corrected chi connectivity index (χ2v) is 4.72. The SMILES string of the molecule is C[C@]1(O)CCOC[C@@H]1N[C@@H](CCC(=O)O)C(=O)O. The van der Waals surface area contributed by atoms with Gasteiger partial charge in [-0.3, -0.25) is 14.9 Å². The first-order valence-corrected chi connectivity index (χ1v) is 5.83. The molecule has 1 fully saturated rings. The van der Waals surface area contributed by atoms with Crippen LogP contribution in [0.2, 0.25) is 0 Å². The average Bonchev–Trinajstić information content (AvgIpc) is 2.25. The van der Waals surface area contributed by atoms with E-state index in [1.54, 1.807) is 6.92 Å². The summed E-state index contributed by atoms with van der Waals surface area (Å²) in [7, 11) is 0. The summed E-state index contributed by atoms with van der Waals surface area (Å²) in [6, 6.07) is -1.51. The van der Waals surface area contributed by atoms with Gasteiger partial charge in [-0.25, -0.2) is 0 Å². The minimum Gasteiger partial charge on any atom is -0.481 e. The highest BCUT2D eigenvalue weighted by atomic mass is 16.5. The highest BCUT2D eigenvalue weighted by Crippen LogP contribution is 2.21. The van der Waals surface area contributed by atoms with E-state index in [0.717, 1.165) is 0 Å². The first-order chi connectivity index (χ1) is 8.33. The normalized spacial score (nSPS) is 29.8. The zero-order valence-corrected chi connectivity index (χ0v) is 10.3. The van der Waals surface area contributed by atoms with Gasteiger partial charge >= 0.3 is 11.9 Å². The Bertz CT molecular complexity index is 317. The van der Waals surface area contributed by atoms with E-state index in [0.29, 0.717) is 13.0 Å². The van der Waals surface area contributed by atoms with E-state index in [4.69, 9.17) is 14.9 Å². The lowest BCUT2D eigenvalue weighted by molar-refractivity contribution is -0.142. The molecule has 7 heteroatoms. The minimum atomic E-state index is -1.13. The van der Waals surface area contributed by atoms with E-state index >= 15 is 0 Å². The Morgan fingerprint density at radius 2 is 2.17 bits per heavy atom. The maximum absolute atomic E-state index is 11.0. The summed E-state index contributed by atoms with van der Waals surface area (Å²) < 4.78 is 5.19. The summed E-state index contributed by atoms with van der Waals surface area (Å²) in [6.07, 6.45) is 0.146. The van der Waals surface area contributed by atoms with E-state index < -0.39 is 29.6 Å². The number of hydrogen-bond acceptors (Lipinski definition) is 5. The zero-order valence-electron chi connectivity index (χ0n) is 10.3. The van der Waals surface area contributed by atoms with E-state index in [2.05, 4.69) is 5.32 Å². The largest absolute Gasteiger partial charge is 0.481 e. The number of aliphatic carboxylic acids is 2. The van der Waals surface area contributed by atoms with Crippen LogP contribution in [0.5, 0.6) is 0 Å². The van der Waals surface area contributed by atoms with Gasteiger partial charge in [0.15, 0.2) is 0 Å². The van der Waals surface area contributed by atoms with E-state index in [1.807, 2.05) is 0 Å².